The molecule has 0 aliphatic rings. The van der Waals surface area contributed by atoms with Crippen LogP contribution in [0.15, 0.2) is 60.7 Å². The lowest BCUT2D eigenvalue weighted by Gasteiger charge is -2.31. The third-order valence-corrected chi connectivity index (χ3v) is 4.17. The minimum absolute atomic E-state index is 0.0891. The number of hydrogen-bond acceptors (Lipinski definition) is 4. The molecule has 144 valence electrons. The average molecular weight is 368 g/mol. The van der Waals surface area contributed by atoms with E-state index in [-0.39, 0.29) is 5.41 Å². The highest BCUT2D eigenvalue weighted by Gasteiger charge is 2.32. The van der Waals surface area contributed by atoms with Crippen molar-refractivity contribution in [2.45, 2.75) is 52.7 Å². The van der Waals surface area contributed by atoms with E-state index in [1.807, 2.05) is 19.1 Å². The van der Waals surface area contributed by atoms with Crippen LogP contribution in [0.5, 0.6) is 0 Å². The van der Waals surface area contributed by atoms with Gasteiger partial charge < -0.3 is 9.47 Å². The summed E-state index contributed by atoms with van der Waals surface area (Å²) in [6.45, 7) is 8.14. The summed E-state index contributed by atoms with van der Waals surface area (Å²) >= 11 is 0. The summed E-state index contributed by atoms with van der Waals surface area (Å²) < 4.78 is 11.5. The number of ether oxygens (including phenoxy) is 2. The summed E-state index contributed by atoms with van der Waals surface area (Å²) in [6, 6.07) is 17.7. The maximum Gasteiger partial charge on any atom is 0.338 e. The number of rotatable bonds is 7. The van der Waals surface area contributed by atoms with Crippen molar-refractivity contribution in [2.75, 3.05) is 0 Å². The maximum absolute atomic E-state index is 12.6. The van der Waals surface area contributed by atoms with Crippen LogP contribution in [0.4, 0.5) is 0 Å². The fourth-order valence-electron chi connectivity index (χ4n) is 2.83. The molecule has 0 saturated heterocycles. The number of esters is 2. The Balaban J connectivity index is 2.17. The molecule has 0 bridgehead atoms. The summed E-state index contributed by atoms with van der Waals surface area (Å²) in [5, 5.41) is 0. The quantitative estimate of drug-likeness (QED) is 0.624. The lowest BCUT2D eigenvalue weighted by atomic mass is 9.87. The summed E-state index contributed by atoms with van der Waals surface area (Å²) in [6.07, 6.45) is 0.119. The van der Waals surface area contributed by atoms with Crippen molar-refractivity contribution < 1.29 is 19.1 Å². The molecule has 2 aromatic carbocycles. The predicted molar refractivity (Wildman–Crippen MR) is 106 cm³/mol. The third-order valence-electron chi connectivity index (χ3n) is 4.17. The molecule has 0 aliphatic heterocycles. The fraction of sp³-hybridized carbons (Fsp3) is 0.391. The molecule has 0 amide bonds. The summed E-state index contributed by atoms with van der Waals surface area (Å²) in [7, 11) is 0. The van der Waals surface area contributed by atoms with E-state index < -0.39 is 24.1 Å². The standard InChI is InChI=1S/C23H28O4/c1-5-19(26-21(24)17-12-8-6-9-13-17)20(16-23(2,3)4)27-22(25)18-14-10-7-11-15-18/h6-15,19-20H,5,16H2,1-4H3. The lowest BCUT2D eigenvalue weighted by Crippen LogP contribution is -2.37. The number of benzene rings is 2. The number of carbonyl (C=O) groups is 2. The van der Waals surface area contributed by atoms with Crippen LogP contribution in [0.3, 0.4) is 0 Å². The average Bonchev–Trinajstić information content (AvgIpc) is 2.65. The second-order valence-electron chi connectivity index (χ2n) is 7.79. The van der Waals surface area contributed by atoms with Gasteiger partial charge in [-0.25, -0.2) is 9.59 Å². The number of carbonyl (C=O) groups excluding carboxylic acids is 2. The maximum atomic E-state index is 12.6. The van der Waals surface area contributed by atoms with E-state index in [4.69, 9.17) is 9.47 Å². The molecule has 0 aliphatic carbocycles. The van der Waals surface area contributed by atoms with Crippen LogP contribution in [0, 0.1) is 5.41 Å². The highest BCUT2D eigenvalue weighted by Crippen LogP contribution is 2.27. The Morgan fingerprint density at radius 2 is 1.19 bits per heavy atom. The van der Waals surface area contributed by atoms with Crippen molar-refractivity contribution >= 4 is 11.9 Å². The van der Waals surface area contributed by atoms with Crippen LogP contribution in [-0.4, -0.2) is 24.1 Å². The fourth-order valence-corrected chi connectivity index (χ4v) is 2.83. The van der Waals surface area contributed by atoms with Gasteiger partial charge in [-0.15, -0.1) is 0 Å². The van der Waals surface area contributed by atoms with Gasteiger partial charge in [0, 0.05) is 0 Å². The van der Waals surface area contributed by atoms with Gasteiger partial charge in [-0.1, -0.05) is 64.1 Å². The first-order valence-electron chi connectivity index (χ1n) is 9.32. The van der Waals surface area contributed by atoms with E-state index >= 15 is 0 Å². The van der Waals surface area contributed by atoms with Crippen LogP contribution >= 0.6 is 0 Å². The second-order valence-corrected chi connectivity index (χ2v) is 7.79. The van der Waals surface area contributed by atoms with Crippen LogP contribution in [0.1, 0.15) is 61.3 Å². The molecule has 0 N–H and O–H groups in total. The third kappa shape index (κ3) is 6.55. The van der Waals surface area contributed by atoms with Crippen molar-refractivity contribution in [2.24, 2.45) is 5.41 Å². The molecule has 0 spiro atoms. The first-order valence-corrected chi connectivity index (χ1v) is 9.32. The van der Waals surface area contributed by atoms with Gasteiger partial charge in [-0.3, -0.25) is 0 Å². The Morgan fingerprint density at radius 3 is 1.56 bits per heavy atom. The molecular weight excluding hydrogens is 340 g/mol. The first kappa shape index (κ1) is 20.7. The van der Waals surface area contributed by atoms with Gasteiger partial charge in [0.15, 0.2) is 0 Å². The van der Waals surface area contributed by atoms with Gasteiger partial charge in [0.25, 0.3) is 0 Å². The number of hydrogen-bond donors (Lipinski definition) is 0. The molecule has 4 nitrogen and oxygen atoms in total. The van der Waals surface area contributed by atoms with Gasteiger partial charge in [0.05, 0.1) is 11.1 Å². The molecule has 2 aromatic rings. The van der Waals surface area contributed by atoms with Crippen LogP contribution < -0.4 is 0 Å². The van der Waals surface area contributed by atoms with Gasteiger partial charge >= 0.3 is 11.9 Å². The Morgan fingerprint density at radius 1 is 0.778 bits per heavy atom. The van der Waals surface area contributed by atoms with E-state index in [0.717, 1.165) is 0 Å². The Bertz CT molecular complexity index is 732. The van der Waals surface area contributed by atoms with E-state index in [2.05, 4.69) is 20.8 Å². The minimum atomic E-state index is -0.518. The summed E-state index contributed by atoms with van der Waals surface area (Å²) in [4.78, 5) is 25.0. The van der Waals surface area contributed by atoms with Crippen molar-refractivity contribution in [1.29, 1.82) is 0 Å². The van der Waals surface area contributed by atoms with Gasteiger partial charge in [0.2, 0.25) is 0 Å². The normalized spacial score (nSPS) is 13.5. The minimum Gasteiger partial charge on any atom is -0.455 e. The van der Waals surface area contributed by atoms with E-state index in [0.29, 0.717) is 24.0 Å². The molecule has 0 heterocycles. The van der Waals surface area contributed by atoms with Crippen LogP contribution in [0.25, 0.3) is 0 Å². The Hall–Kier alpha value is -2.62. The van der Waals surface area contributed by atoms with Gasteiger partial charge in [0.1, 0.15) is 12.2 Å². The van der Waals surface area contributed by atoms with Crippen molar-refractivity contribution in [3.05, 3.63) is 71.8 Å². The second kappa shape index (κ2) is 9.36. The predicted octanol–water partition coefficient (Wildman–Crippen LogP) is 5.28. The Kier molecular flexibility index (Phi) is 7.17. The van der Waals surface area contributed by atoms with E-state index in [1.165, 1.54) is 0 Å². The summed E-state index contributed by atoms with van der Waals surface area (Å²) in [5.41, 5.74) is 0.884. The molecule has 4 heteroatoms. The zero-order valence-electron chi connectivity index (χ0n) is 16.5. The van der Waals surface area contributed by atoms with Crippen molar-refractivity contribution in [3.8, 4) is 0 Å². The molecular formula is C23H28O4. The molecule has 0 saturated carbocycles. The highest BCUT2D eigenvalue weighted by molar-refractivity contribution is 5.90. The lowest BCUT2D eigenvalue weighted by molar-refractivity contribution is -0.0488. The van der Waals surface area contributed by atoms with Crippen molar-refractivity contribution in [1.82, 2.24) is 0 Å². The zero-order chi connectivity index (χ0) is 19.9. The first-order chi connectivity index (χ1) is 12.8. The van der Waals surface area contributed by atoms with Crippen molar-refractivity contribution in [3.63, 3.8) is 0 Å². The monoisotopic (exact) mass is 368 g/mol. The molecule has 0 aromatic heterocycles. The highest BCUT2D eigenvalue weighted by atomic mass is 16.6. The van der Waals surface area contributed by atoms with E-state index in [1.54, 1.807) is 48.5 Å². The van der Waals surface area contributed by atoms with Crippen LogP contribution in [0.2, 0.25) is 0 Å². The molecule has 27 heavy (non-hydrogen) atoms. The molecule has 2 atom stereocenters. The SMILES string of the molecule is CCC(OC(=O)c1ccccc1)C(CC(C)(C)C)OC(=O)c1ccccc1. The molecule has 2 rings (SSSR count). The molecule has 0 radical (unpaired) electrons. The summed E-state index contributed by atoms with van der Waals surface area (Å²) in [5.74, 6) is -0.809. The van der Waals surface area contributed by atoms with Crippen LogP contribution in [-0.2, 0) is 9.47 Å². The largest absolute Gasteiger partial charge is 0.455 e. The zero-order valence-corrected chi connectivity index (χ0v) is 16.5. The van der Waals surface area contributed by atoms with E-state index in [9.17, 15) is 9.59 Å². The Labute approximate surface area is 161 Å². The van der Waals surface area contributed by atoms with Gasteiger partial charge in [-0.05, 0) is 42.5 Å². The van der Waals surface area contributed by atoms with Gasteiger partial charge in [-0.2, -0.15) is 0 Å². The molecule has 0 fully saturated rings. The topological polar surface area (TPSA) is 52.6 Å². The smallest absolute Gasteiger partial charge is 0.338 e. The molecule has 2 unspecified atom stereocenters.